The number of allylic oxidation sites excluding steroid dienone is 11. The molecule has 0 saturated carbocycles. The fourth-order valence-corrected chi connectivity index (χ4v) is 12.6. The van der Waals surface area contributed by atoms with Gasteiger partial charge in [-0.2, -0.15) is 0 Å². The first-order valence-corrected chi connectivity index (χ1v) is 38.7. The van der Waals surface area contributed by atoms with E-state index >= 15 is 0 Å². The van der Waals surface area contributed by atoms with Crippen molar-refractivity contribution in [1.82, 2.24) is 5.32 Å². The van der Waals surface area contributed by atoms with Crippen LogP contribution in [0.1, 0.15) is 328 Å². The zero-order chi connectivity index (χ0) is 67.3. The van der Waals surface area contributed by atoms with Gasteiger partial charge in [-0.3, -0.25) is 4.79 Å². The van der Waals surface area contributed by atoms with E-state index in [0.29, 0.717) is 6.42 Å². The van der Waals surface area contributed by atoms with Crippen molar-refractivity contribution in [3.8, 4) is 0 Å². The van der Waals surface area contributed by atoms with Gasteiger partial charge in [-0.05, 0) is 64.2 Å². The lowest BCUT2D eigenvalue weighted by molar-refractivity contribution is -0.359. The van der Waals surface area contributed by atoms with E-state index in [-0.39, 0.29) is 18.9 Å². The average molecular weight is 1320 g/mol. The maximum atomic E-state index is 13.4. The molecule has 0 aromatic heterocycles. The molecule has 12 atom stereocenters. The predicted molar refractivity (Wildman–Crippen MR) is 383 cm³/mol. The topological polar surface area (TPSA) is 228 Å². The fraction of sp³-hybridized carbons (Fsp3) is 0.835. The largest absolute Gasteiger partial charge is 0.394 e. The normalized spacial score (nSPS) is 22.9. The Hall–Kier alpha value is -2.57. The van der Waals surface area contributed by atoms with Crippen LogP contribution in [0.3, 0.4) is 0 Å². The van der Waals surface area contributed by atoms with Crippen molar-refractivity contribution in [1.29, 1.82) is 0 Å². The molecule has 12 unspecified atom stereocenters. The number of aliphatic hydroxyl groups excluding tert-OH is 8. The molecule has 2 heterocycles. The summed E-state index contributed by atoms with van der Waals surface area (Å²) in [6.45, 7) is 2.73. The first kappa shape index (κ1) is 86.5. The van der Waals surface area contributed by atoms with E-state index in [1.54, 1.807) is 6.08 Å². The van der Waals surface area contributed by atoms with Crippen molar-refractivity contribution in [3.05, 3.63) is 72.9 Å². The van der Waals surface area contributed by atoms with Crippen molar-refractivity contribution in [3.63, 3.8) is 0 Å². The van der Waals surface area contributed by atoms with Gasteiger partial charge in [-0.25, -0.2) is 0 Å². The Kier molecular flexibility index (Phi) is 58.5. The highest BCUT2D eigenvalue weighted by Crippen LogP contribution is 2.30. The van der Waals surface area contributed by atoms with E-state index in [2.05, 4.69) is 79.9 Å². The van der Waals surface area contributed by atoms with Crippen molar-refractivity contribution < 1.29 is 64.6 Å². The summed E-state index contributed by atoms with van der Waals surface area (Å²) < 4.78 is 22.9. The standard InChI is InChI=1S/C79H143NO13/c1-3-5-7-9-11-13-15-17-19-21-23-25-27-29-30-31-32-33-34-35-36-37-38-39-41-43-45-47-49-51-53-55-57-59-61-63-71(84)80-67(66-90-78-76(89)74(87)77(70(65-82)92-78)93-79-75(88)73(86)72(85)69(64-81)91-79)68(83)62-60-58-56-54-52-50-48-46-44-42-40-28-26-24-22-20-18-16-14-12-10-8-6-4-2/h5,7,11,13,17,19,23,25,29-30,60,62,67-70,72-79,81-83,85-89H,3-4,6,8-10,12,14-16,18,20-22,24,26-28,31-59,61,63-66H2,1-2H3,(H,80,84)/b7-5-,13-11-,19-17-,25-23-,30-29-,62-60+. The summed E-state index contributed by atoms with van der Waals surface area (Å²) in [5, 5.41) is 87.6. The second kappa shape index (κ2) is 62.9. The highest BCUT2D eigenvalue weighted by atomic mass is 16.7. The highest BCUT2D eigenvalue weighted by molar-refractivity contribution is 5.76. The lowest BCUT2D eigenvalue weighted by Gasteiger charge is -2.46. The van der Waals surface area contributed by atoms with Crippen LogP contribution in [-0.2, 0) is 23.7 Å². The summed E-state index contributed by atoms with van der Waals surface area (Å²) in [6, 6.07) is -0.917. The summed E-state index contributed by atoms with van der Waals surface area (Å²) in [6.07, 6.45) is 69.7. The van der Waals surface area contributed by atoms with E-state index in [4.69, 9.17) is 18.9 Å². The van der Waals surface area contributed by atoms with Crippen LogP contribution >= 0.6 is 0 Å². The average Bonchev–Trinajstić information content (AvgIpc) is 0.854. The monoisotopic (exact) mass is 1310 g/mol. The minimum absolute atomic E-state index is 0.235. The second-order valence-electron chi connectivity index (χ2n) is 27.1. The molecular formula is C79H143NO13. The number of hydrogen-bond donors (Lipinski definition) is 9. The third-order valence-electron chi connectivity index (χ3n) is 18.6. The molecule has 0 radical (unpaired) electrons. The van der Waals surface area contributed by atoms with E-state index in [1.807, 2.05) is 6.08 Å². The number of hydrogen-bond acceptors (Lipinski definition) is 13. The van der Waals surface area contributed by atoms with Crippen molar-refractivity contribution in [2.45, 2.75) is 402 Å². The van der Waals surface area contributed by atoms with Crippen LogP contribution in [0, 0.1) is 0 Å². The summed E-state index contributed by atoms with van der Waals surface area (Å²) in [7, 11) is 0. The maximum Gasteiger partial charge on any atom is 0.220 e. The van der Waals surface area contributed by atoms with Crippen LogP contribution in [0.2, 0.25) is 0 Å². The van der Waals surface area contributed by atoms with Gasteiger partial charge in [0.25, 0.3) is 0 Å². The van der Waals surface area contributed by atoms with Gasteiger partial charge in [0, 0.05) is 6.42 Å². The number of ether oxygens (including phenoxy) is 4. The summed E-state index contributed by atoms with van der Waals surface area (Å²) in [5.74, 6) is -0.235. The summed E-state index contributed by atoms with van der Waals surface area (Å²) in [4.78, 5) is 13.4. The SMILES string of the molecule is CC/C=C\C/C=C\C/C=C\C/C=C\C/C=C\CCCCCCCCCCCCCCCCCCCCCC(=O)NC(COC1OC(CO)C(OC2OC(CO)C(O)C(O)C2O)C(O)C1O)C(O)/C=C/CCCCCCCCCCCCCCCCCCCCCCCC. The number of rotatable bonds is 64. The number of unbranched alkanes of at least 4 members (excludes halogenated alkanes) is 41. The molecule has 2 aliphatic rings. The number of carbonyl (C=O) groups excluding carboxylic acids is 1. The lowest BCUT2D eigenvalue weighted by Crippen LogP contribution is -2.65. The molecule has 2 saturated heterocycles. The smallest absolute Gasteiger partial charge is 0.220 e. The van der Waals surface area contributed by atoms with Crippen LogP contribution in [-0.4, -0.2) is 140 Å². The lowest BCUT2D eigenvalue weighted by atomic mass is 9.97. The van der Waals surface area contributed by atoms with Crippen LogP contribution < -0.4 is 5.32 Å². The number of aliphatic hydroxyl groups is 8. The molecule has 2 aliphatic heterocycles. The van der Waals surface area contributed by atoms with E-state index in [9.17, 15) is 45.6 Å². The zero-order valence-electron chi connectivity index (χ0n) is 59.2. The Morgan fingerprint density at radius 1 is 0.398 bits per heavy atom. The second-order valence-corrected chi connectivity index (χ2v) is 27.1. The molecule has 2 rings (SSSR count). The highest BCUT2D eigenvalue weighted by Gasteiger charge is 2.51. The Morgan fingerprint density at radius 2 is 0.742 bits per heavy atom. The minimum atomic E-state index is -1.79. The Bertz CT molecular complexity index is 1840. The van der Waals surface area contributed by atoms with E-state index in [0.717, 1.165) is 70.6 Å². The molecule has 0 aromatic rings. The van der Waals surface area contributed by atoms with Crippen molar-refractivity contribution in [2.75, 3.05) is 19.8 Å². The van der Waals surface area contributed by atoms with E-state index < -0.39 is 86.8 Å². The predicted octanol–water partition coefficient (Wildman–Crippen LogP) is 17.0. The number of carbonyl (C=O) groups is 1. The zero-order valence-corrected chi connectivity index (χ0v) is 59.2. The van der Waals surface area contributed by atoms with Gasteiger partial charge in [0.05, 0.1) is 32.0 Å². The van der Waals surface area contributed by atoms with Gasteiger partial charge in [0.15, 0.2) is 12.6 Å². The third kappa shape index (κ3) is 46.4. The molecule has 0 aromatic carbocycles. The molecule has 0 aliphatic carbocycles. The van der Waals surface area contributed by atoms with Crippen molar-refractivity contribution in [2.24, 2.45) is 0 Å². The molecule has 2 fully saturated rings. The van der Waals surface area contributed by atoms with Gasteiger partial charge < -0.3 is 65.1 Å². The van der Waals surface area contributed by atoms with Gasteiger partial charge in [-0.15, -0.1) is 0 Å². The molecule has 0 bridgehead atoms. The molecule has 1 amide bonds. The summed E-state index contributed by atoms with van der Waals surface area (Å²) >= 11 is 0. The van der Waals surface area contributed by atoms with Crippen LogP contribution in [0.25, 0.3) is 0 Å². The van der Waals surface area contributed by atoms with Gasteiger partial charge in [0.2, 0.25) is 5.91 Å². The molecule has 542 valence electrons. The molecule has 93 heavy (non-hydrogen) atoms. The molecule has 14 nitrogen and oxygen atoms in total. The van der Waals surface area contributed by atoms with Gasteiger partial charge in [-0.1, -0.05) is 331 Å². The third-order valence-corrected chi connectivity index (χ3v) is 18.6. The Labute approximate surface area is 568 Å². The molecule has 0 spiro atoms. The van der Waals surface area contributed by atoms with Gasteiger partial charge in [0.1, 0.15) is 48.8 Å². The number of nitrogens with one attached hydrogen (secondary N) is 1. The van der Waals surface area contributed by atoms with Crippen LogP contribution in [0.15, 0.2) is 72.9 Å². The molecule has 14 heteroatoms. The first-order chi connectivity index (χ1) is 45.6. The fourth-order valence-electron chi connectivity index (χ4n) is 12.6. The van der Waals surface area contributed by atoms with E-state index in [1.165, 1.54) is 231 Å². The Morgan fingerprint density at radius 3 is 1.14 bits per heavy atom. The first-order valence-electron chi connectivity index (χ1n) is 38.7. The van der Waals surface area contributed by atoms with Crippen LogP contribution in [0.5, 0.6) is 0 Å². The molecular weight excluding hydrogens is 1170 g/mol. The minimum Gasteiger partial charge on any atom is -0.394 e. The summed E-state index contributed by atoms with van der Waals surface area (Å²) in [5.41, 5.74) is 0. The quantitative estimate of drug-likeness (QED) is 0.0204. The van der Waals surface area contributed by atoms with Gasteiger partial charge >= 0.3 is 0 Å². The van der Waals surface area contributed by atoms with Crippen molar-refractivity contribution >= 4 is 5.91 Å². The maximum absolute atomic E-state index is 13.4. The van der Waals surface area contributed by atoms with Crippen LogP contribution in [0.4, 0.5) is 0 Å². The molecule has 9 N–H and O–H groups in total. The number of amides is 1. The Balaban J connectivity index is 1.62.